The standard InChI is InChI=1S/C20H26BrNO6/c1-5-27-18(25)20(22-14(4)23,19(26)28-6-2)12-15-8-7-9-16(11-10-15)17(24)13(3)21/h8-11,13H,5-7,12H2,1-4H3,(H,22,23). The topological polar surface area (TPSA) is 98.8 Å². The molecule has 0 aliphatic heterocycles. The zero-order valence-corrected chi connectivity index (χ0v) is 18.1. The fourth-order valence-corrected chi connectivity index (χ4v) is 2.97. The number of ketones is 1. The van der Waals surface area contributed by atoms with Gasteiger partial charge in [0.25, 0.3) is 0 Å². The minimum Gasteiger partial charge on any atom is -0.464 e. The lowest BCUT2D eigenvalue weighted by Crippen LogP contribution is -2.61. The van der Waals surface area contributed by atoms with Crippen LogP contribution in [0.4, 0.5) is 0 Å². The van der Waals surface area contributed by atoms with Crippen LogP contribution in [-0.2, 0) is 28.7 Å². The molecule has 28 heavy (non-hydrogen) atoms. The molecule has 0 aromatic carbocycles. The summed E-state index contributed by atoms with van der Waals surface area (Å²) < 4.78 is 10.1. The molecule has 0 saturated carbocycles. The number of carbonyl (C=O) groups excluding carboxylic acids is 4. The van der Waals surface area contributed by atoms with Crippen LogP contribution in [0, 0.1) is 0 Å². The zero-order valence-electron chi connectivity index (χ0n) is 16.5. The van der Waals surface area contributed by atoms with Crippen LogP contribution < -0.4 is 5.32 Å². The molecular formula is C20H26BrNO6. The number of carbonyl (C=O) groups is 4. The normalized spacial score (nSPS) is 14.9. The predicted molar refractivity (Wildman–Crippen MR) is 108 cm³/mol. The van der Waals surface area contributed by atoms with Gasteiger partial charge in [0.2, 0.25) is 11.4 Å². The molecule has 0 aromatic heterocycles. The quantitative estimate of drug-likeness (QED) is 0.325. The summed E-state index contributed by atoms with van der Waals surface area (Å²) in [6, 6.07) is 0. The highest BCUT2D eigenvalue weighted by Gasteiger charge is 2.50. The number of esters is 2. The number of halogens is 1. The van der Waals surface area contributed by atoms with Gasteiger partial charge >= 0.3 is 11.9 Å². The maximum atomic E-state index is 12.7. The van der Waals surface area contributed by atoms with Gasteiger partial charge in [0.15, 0.2) is 5.78 Å². The predicted octanol–water partition coefficient (Wildman–Crippen LogP) is 2.54. The minimum atomic E-state index is -1.99. The van der Waals surface area contributed by atoms with Crippen molar-refractivity contribution < 1.29 is 28.7 Å². The summed E-state index contributed by atoms with van der Waals surface area (Å²) in [4.78, 5) is 49.0. The molecule has 0 bridgehead atoms. The van der Waals surface area contributed by atoms with Crippen LogP contribution in [0.1, 0.15) is 40.5 Å². The van der Waals surface area contributed by atoms with Crippen LogP contribution in [0.5, 0.6) is 0 Å². The molecule has 1 unspecified atom stereocenters. The van der Waals surface area contributed by atoms with Gasteiger partial charge in [0, 0.05) is 18.9 Å². The molecule has 0 heterocycles. The Morgan fingerprint density at radius 3 is 2.14 bits per heavy atom. The van der Waals surface area contributed by atoms with Crippen molar-refractivity contribution in [3.8, 4) is 0 Å². The molecule has 1 aliphatic rings. The highest BCUT2D eigenvalue weighted by molar-refractivity contribution is 9.10. The Hall–Kier alpha value is -2.22. The third kappa shape index (κ3) is 6.15. The van der Waals surface area contributed by atoms with Crippen LogP contribution in [0.3, 0.4) is 0 Å². The van der Waals surface area contributed by atoms with E-state index < -0.39 is 23.4 Å². The Morgan fingerprint density at radius 2 is 1.68 bits per heavy atom. The Labute approximate surface area is 173 Å². The summed E-state index contributed by atoms with van der Waals surface area (Å²) in [5.74, 6) is -2.42. The van der Waals surface area contributed by atoms with Crippen LogP contribution >= 0.6 is 15.9 Å². The maximum absolute atomic E-state index is 12.7. The number of Topliss-reactive ketones (excluding diaryl/α,β-unsaturated/α-hetero) is 1. The first-order valence-electron chi connectivity index (χ1n) is 9.06. The zero-order chi connectivity index (χ0) is 21.3. The summed E-state index contributed by atoms with van der Waals surface area (Å²) in [5.41, 5.74) is -0.880. The van der Waals surface area contributed by atoms with E-state index in [9.17, 15) is 19.2 Å². The van der Waals surface area contributed by atoms with Gasteiger partial charge in [-0.25, -0.2) is 9.59 Å². The highest BCUT2D eigenvalue weighted by Crippen LogP contribution is 2.25. The maximum Gasteiger partial charge on any atom is 0.344 e. The monoisotopic (exact) mass is 455 g/mol. The van der Waals surface area contributed by atoms with Gasteiger partial charge in [-0.15, -0.1) is 0 Å². The second-order valence-corrected chi connectivity index (χ2v) is 7.57. The largest absolute Gasteiger partial charge is 0.464 e. The second kappa shape index (κ2) is 10.9. The Kier molecular flexibility index (Phi) is 9.31. The second-order valence-electron chi connectivity index (χ2n) is 6.19. The fourth-order valence-electron chi connectivity index (χ4n) is 2.70. The third-order valence-electron chi connectivity index (χ3n) is 3.95. The molecular weight excluding hydrogens is 430 g/mol. The molecule has 0 saturated heterocycles. The lowest BCUT2D eigenvalue weighted by Gasteiger charge is -2.30. The van der Waals surface area contributed by atoms with E-state index in [1.54, 1.807) is 45.1 Å². The molecule has 7 nitrogen and oxygen atoms in total. The molecule has 154 valence electrons. The van der Waals surface area contributed by atoms with Gasteiger partial charge in [0.1, 0.15) is 0 Å². The Morgan fingerprint density at radius 1 is 1.11 bits per heavy atom. The van der Waals surface area contributed by atoms with E-state index in [1.165, 1.54) is 6.92 Å². The van der Waals surface area contributed by atoms with Crippen molar-refractivity contribution >= 4 is 39.6 Å². The molecule has 0 radical (unpaired) electrons. The molecule has 1 rings (SSSR count). The number of alkyl halides is 1. The van der Waals surface area contributed by atoms with Crippen LogP contribution in [0.25, 0.3) is 0 Å². The first kappa shape index (κ1) is 23.8. The average Bonchev–Trinajstić information content (AvgIpc) is 2.85. The molecule has 8 heteroatoms. The molecule has 1 N–H and O–H groups in total. The van der Waals surface area contributed by atoms with Crippen molar-refractivity contribution in [1.82, 2.24) is 5.32 Å². The Balaban J connectivity index is 3.25. The molecule has 1 aliphatic carbocycles. The number of rotatable bonds is 9. The summed E-state index contributed by atoms with van der Waals surface area (Å²) in [7, 11) is 0. The van der Waals surface area contributed by atoms with Crippen molar-refractivity contribution in [2.24, 2.45) is 0 Å². The van der Waals surface area contributed by atoms with E-state index in [2.05, 4.69) is 21.2 Å². The smallest absolute Gasteiger partial charge is 0.344 e. The molecule has 0 spiro atoms. The van der Waals surface area contributed by atoms with Crippen molar-refractivity contribution in [2.75, 3.05) is 13.2 Å². The number of hydrogen-bond acceptors (Lipinski definition) is 6. The third-order valence-corrected chi connectivity index (χ3v) is 4.36. The minimum absolute atomic E-state index is 0.0395. The van der Waals surface area contributed by atoms with Crippen molar-refractivity contribution in [2.45, 2.75) is 50.9 Å². The van der Waals surface area contributed by atoms with Crippen LogP contribution in [0.15, 0.2) is 35.5 Å². The number of hydrogen-bond donors (Lipinski definition) is 1. The first-order chi connectivity index (χ1) is 13.2. The van der Waals surface area contributed by atoms with E-state index in [4.69, 9.17) is 9.47 Å². The SMILES string of the molecule is CCOC(=O)C(CC1=CCC=C(C(=O)C(C)Br)C=C1)(NC(C)=O)C(=O)OCC. The number of nitrogens with one attached hydrogen (secondary N) is 1. The van der Waals surface area contributed by atoms with E-state index in [-0.39, 0.29) is 30.2 Å². The van der Waals surface area contributed by atoms with Gasteiger partial charge in [-0.2, -0.15) is 0 Å². The van der Waals surface area contributed by atoms with Gasteiger partial charge in [-0.1, -0.05) is 40.2 Å². The summed E-state index contributed by atoms with van der Waals surface area (Å²) >= 11 is 3.25. The van der Waals surface area contributed by atoms with Crippen molar-refractivity contribution in [1.29, 1.82) is 0 Å². The average molecular weight is 456 g/mol. The van der Waals surface area contributed by atoms with E-state index in [1.807, 2.05) is 0 Å². The van der Waals surface area contributed by atoms with Crippen LogP contribution in [0.2, 0.25) is 0 Å². The van der Waals surface area contributed by atoms with E-state index in [0.29, 0.717) is 17.6 Å². The molecule has 0 aromatic rings. The molecule has 1 amide bonds. The van der Waals surface area contributed by atoms with Crippen molar-refractivity contribution in [3.05, 3.63) is 35.5 Å². The lowest BCUT2D eigenvalue weighted by molar-refractivity contribution is -0.167. The number of ether oxygens (including phenoxy) is 2. The van der Waals surface area contributed by atoms with Gasteiger partial charge in [-0.3, -0.25) is 9.59 Å². The first-order valence-corrected chi connectivity index (χ1v) is 9.98. The lowest BCUT2D eigenvalue weighted by atomic mass is 9.89. The highest BCUT2D eigenvalue weighted by atomic mass is 79.9. The summed E-state index contributed by atoms with van der Waals surface area (Å²) in [6.45, 7) is 6.24. The molecule has 1 atom stereocenters. The number of amides is 1. The van der Waals surface area contributed by atoms with E-state index in [0.717, 1.165) is 0 Å². The number of allylic oxidation sites excluding steroid dienone is 5. The fraction of sp³-hybridized carbons (Fsp3) is 0.500. The van der Waals surface area contributed by atoms with Gasteiger partial charge in [-0.05, 0) is 32.8 Å². The molecule has 0 fully saturated rings. The van der Waals surface area contributed by atoms with Gasteiger partial charge < -0.3 is 14.8 Å². The van der Waals surface area contributed by atoms with Crippen LogP contribution in [-0.4, -0.2) is 47.2 Å². The van der Waals surface area contributed by atoms with E-state index >= 15 is 0 Å². The van der Waals surface area contributed by atoms with Gasteiger partial charge in [0.05, 0.1) is 18.0 Å². The summed E-state index contributed by atoms with van der Waals surface area (Å²) in [6.07, 6.45) is 7.11. The van der Waals surface area contributed by atoms with Crippen molar-refractivity contribution in [3.63, 3.8) is 0 Å². The summed E-state index contributed by atoms with van der Waals surface area (Å²) in [5, 5.41) is 2.43. The Bertz CT molecular complexity index is 702.